The number of para-hydroxylation sites is 1. The fourth-order valence-corrected chi connectivity index (χ4v) is 8.90. The molecule has 0 saturated carbocycles. The van der Waals surface area contributed by atoms with Crippen molar-refractivity contribution in [2.75, 3.05) is 30.7 Å². The summed E-state index contributed by atoms with van der Waals surface area (Å²) in [6.07, 6.45) is 0.213. The van der Waals surface area contributed by atoms with E-state index in [2.05, 4.69) is 15.6 Å². The predicted octanol–water partition coefficient (Wildman–Crippen LogP) is 7.55. The van der Waals surface area contributed by atoms with Gasteiger partial charge in [-0.25, -0.2) is 9.78 Å². The number of fused-ring (bicyclic) bond motifs is 3. The van der Waals surface area contributed by atoms with E-state index < -0.39 is 12.2 Å². The molecule has 4 N–H and O–H groups in total. The van der Waals surface area contributed by atoms with Gasteiger partial charge in [-0.1, -0.05) is 108 Å². The Morgan fingerprint density at radius 2 is 1.69 bits per heavy atom. The molecule has 2 aliphatic rings. The number of nitrogens with two attached hydrogens (primary N) is 1. The van der Waals surface area contributed by atoms with Gasteiger partial charge in [0.05, 0.1) is 33.4 Å². The van der Waals surface area contributed by atoms with Gasteiger partial charge in [0.15, 0.2) is 5.13 Å². The number of rotatable bonds is 11. The number of hydrazine groups is 1. The zero-order chi connectivity index (χ0) is 40.5. The van der Waals surface area contributed by atoms with Crippen molar-refractivity contribution in [3.63, 3.8) is 0 Å². The predicted molar refractivity (Wildman–Crippen MR) is 228 cm³/mol. The molecule has 2 saturated heterocycles. The Balaban J connectivity index is 1.06. The van der Waals surface area contributed by atoms with Gasteiger partial charge in [-0.3, -0.25) is 19.4 Å². The molecule has 12 nitrogen and oxygen atoms in total. The molecule has 0 radical (unpaired) electrons. The van der Waals surface area contributed by atoms with Crippen molar-refractivity contribution in [3.05, 3.63) is 135 Å². The molecule has 1 aromatic heterocycles. The summed E-state index contributed by atoms with van der Waals surface area (Å²) in [5, 5.41) is 12.4. The van der Waals surface area contributed by atoms with E-state index in [-0.39, 0.29) is 56.4 Å². The van der Waals surface area contributed by atoms with Crippen LogP contribution >= 0.6 is 34.5 Å². The molecule has 2 aliphatic heterocycles. The van der Waals surface area contributed by atoms with Gasteiger partial charge in [0.1, 0.15) is 12.2 Å². The Morgan fingerprint density at radius 3 is 2.48 bits per heavy atom. The van der Waals surface area contributed by atoms with Crippen LogP contribution in [0.5, 0.6) is 0 Å². The summed E-state index contributed by atoms with van der Waals surface area (Å²) in [6.45, 7) is 2.81. The lowest BCUT2D eigenvalue weighted by molar-refractivity contribution is -0.157. The minimum atomic E-state index is -0.866. The first kappa shape index (κ1) is 39.1. The van der Waals surface area contributed by atoms with Crippen molar-refractivity contribution in [2.45, 2.75) is 45.1 Å². The molecule has 2 fully saturated rings. The van der Waals surface area contributed by atoms with E-state index in [1.807, 2.05) is 73.7 Å². The van der Waals surface area contributed by atoms with Gasteiger partial charge >= 0.3 is 6.03 Å². The highest BCUT2D eigenvalue weighted by molar-refractivity contribution is 7.22. The number of carbonyl (C=O) groups excluding carboxylic acids is 4. The van der Waals surface area contributed by atoms with E-state index in [1.165, 1.54) is 11.3 Å². The van der Waals surface area contributed by atoms with Crippen molar-refractivity contribution in [1.82, 2.24) is 30.1 Å². The van der Waals surface area contributed by atoms with Crippen molar-refractivity contribution in [1.29, 1.82) is 0 Å². The zero-order valence-corrected chi connectivity index (χ0v) is 33.9. The summed E-state index contributed by atoms with van der Waals surface area (Å²) in [4.78, 5) is 63.8. The number of anilines is 2. The van der Waals surface area contributed by atoms with Crippen LogP contribution in [0.15, 0.2) is 103 Å². The van der Waals surface area contributed by atoms with Gasteiger partial charge in [0, 0.05) is 37.3 Å². The van der Waals surface area contributed by atoms with Crippen LogP contribution in [0.3, 0.4) is 0 Å². The Kier molecular flexibility index (Phi) is 11.2. The zero-order valence-electron chi connectivity index (χ0n) is 31.5. The molecule has 6 aromatic rings. The molecule has 3 heterocycles. The average molecular weight is 836 g/mol. The van der Waals surface area contributed by atoms with Crippen molar-refractivity contribution < 1.29 is 19.2 Å². The summed E-state index contributed by atoms with van der Waals surface area (Å²) < 4.78 is 0.913. The maximum Gasteiger partial charge on any atom is 0.332 e. The second-order valence-corrected chi connectivity index (χ2v) is 16.2. The normalized spacial score (nSPS) is 16.9. The first-order valence-electron chi connectivity index (χ1n) is 19.0. The minimum Gasteiger partial charge on any atom is -0.375 e. The number of hydrogen-bond acceptors (Lipinski definition) is 8. The van der Waals surface area contributed by atoms with Crippen molar-refractivity contribution in [3.8, 4) is 0 Å². The molecular formula is C43H40Cl2N8O4S. The molecule has 0 bridgehead atoms. The van der Waals surface area contributed by atoms with Crippen molar-refractivity contribution >= 4 is 90.1 Å². The Morgan fingerprint density at radius 1 is 0.931 bits per heavy atom. The fraction of sp³-hybridized carbons (Fsp3) is 0.233. The number of aromatic nitrogens is 1. The fourth-order valence-electron chi connectivity index (χ4n) is 7.79. The molecule has 5 amide bonds. The molecule has 0 spiro atoms. The van der Waals surface area contributed by atoms with E-state index in [0.29, 0.717) is 39.4 Å². The second kappa shape index (κ2) is 16.6. The quantitative estimate of drug-likeness (QED) is 0.122. The topological polar surface area (TPSA) is 144 Å². The molecule has 5 aromatic carbocycles. The molecule has 8 rings (SSSR count). The van der Waals surface area contributed by atoms with Gasteiger partial charge in [0.25, 0.3) is 5.91 Å². The maximum absolute atomic E-state index is 14.6. The van der Waals surface area contributed by atoms with Crippen LogP contribution in [0.1, 0.15) is 40.4 Å². The van der Waals surface area contributed by atoms with E-state index in [0.717, 1.165) is 37.7 Å². The number of halogens is 2. The van der Waals surface area contributed by atoms with Crippen LogP contribution in [0, 0.1) is 0 Å². The third-order valence-electron chi connectivity index (χ3n) is 10.5. The molecule has 15 heteroatoms. The maximum atomic E-state index is 14.6. The molecule has 2 atom stereocenters. The van der Waals surface area contributed by atoms with Crippen LogP contribution in [-0.2, 0) is 29.1 Å². The number of carbonyl (C=O) groups is 4. The lowest BCUT2D eigenvalue weighted by Crippen LogP contribution is -2.66. The Labute approximate surface area is 349 Å². The average Bonchev–Trinajstić information content (AvgIpc) is 3.77. The second-order valence-electron chi connectivity index (χ2n) is 14.3. The Hall–Kier alpha value is -5.73. The summed E-state index contributed by atoms with van der Waals surface area (Å²) in [7, 11) is 0. The first-order valence-corrected chi connectivity index (χ1v) is 20.5. The third-order valence-corrected chi connectivity index (χ3v) is 12.1. The molecule has 0 unspecified atom stereocenters. The van der Waals surface area contributed by atoms with Gasteiger partial charge in [-0.15, -0.1) is 0 Å². The SMILES string of the molecule is CCCN(C(=O)NCc1ccc(Cl)c(Cl)c1)N1CC(=O)N2[C@@H](Cc3ccc(NC(=O)c4cccc5ccccc45)cc3)C(=O)N(Cc3cccc4sc(N)nc34)C[C@@H]21. The minimum absolute atomic E-state index is 0.0835. The first-order chi connectivity index (χ1) is 28.1. The van der Waals surface area contributed by atoms with Crippen molar-refractivity contribution in [2.24, 2.45) is 0 Å². The van der Waals surface area contributed by atoms with E-state index in [4.69, 9.17) is 28.9 Å². The third kappa shape index (κ3) is 7.90. The largest absolute Gasteiger partial charge is 0.375 e. The number of piperazine rings is 1. The van der Waals surface area contributed by atoms with E-state index in [9.17, 15) is 19.2 Å². The summed E-state index contributed by atoms with van der Waals surface area (Å²) in [5.41, 5.74) is 10.4. The number of benzene rings is 5. The lowest BCUT2D eigenvalue weighted by atomic mass is 9.99. The van der Waals surface area contributed by atoms with Gasteiger partial charge in [-0.2, -0.15) is 5.01 Å². The highest BCUT2D eigenvalue weighted by Gasteiger charge is 2.52. The monoisotopic (exact) mass is 834 g/mol. The summed E-state index contributed by atoms with van der Waals surface area (Å²) in [5.74, 6) is -0.705. The number of hydrogen-bond donors (Lipinski definition) is 3. The lowest BCUT2D eigenvalue weighted by Gasteiger charge is -2.46. The highest BCUT2D eigenvalue weighted by atomic mass is 35.5. The molecular weight excluding hydrogens is 795 g/mol. The van der Waals surface area contributed by atoms with Gasteiger partial charge < -0.3 is 26.2 Å². The number of nitrogen functional groups attached to an aromatic ring is 1. The van der Waals surface area contributed by atoms with Gasteiger partial charge in [-0.05, 0) is 70.3 Å². The number of thiazole rings is 1. The summed E-state index contributed by atoms with van der Waals surface area (Å²) >= 11 is 13.7. The standard InChI is InChI=1S/C43H40Cl2N8O4S/c1-2-19-51(43(57)47-22-27-15-18-33(44)34(45)20-27)52-25-38(54)53-35(41(56)50(24-37(52)53)23-29-9-6-12-36-39(29)49-42(46)58-36)21-26-13-16-30(17-14-26)48-40(55)32-11-5-8-28-7-3-4-10-31(28)32/h3-18,20,35,37H,2,19,21-25H2,1H3,(H2,46,49)(H,47,57)(H,48,55)/t35-,37+/m0/s1. The van der Waals surface area contributed by atoms with E-state index in [1.54, 1.807) is 56.2 Å². The smallest absolute Gasteiger partial charge is 0.332 e. The molecule has 296 valence electrons. The highest BCUT2D eigenvalue weighted by Crippen LogP contribution is 2.33. The number of nitrogens with zero attached hydrogens (tertiary/aromatic N) is 5. The number of nitrogens with one attached hydrogen (secondary N) is 2. The Bertz CT molecular complexity index is 2540. The number of amides is 5. The van der Waals surface area contributed by atoms with Crippen LogP contribution in [-0.4, -0.2) is 80.4 Å². The van der Waals surface area contributed by atoms with Crippen LogP contribution < -0.4 is 16.4 Å². The number of urea groups is 1. The van der Waals surface area contributed by atoms with Crippen LogP contribution in [0.25, 0.3) is 21.0 Å². The summed E-state index contributed by atoms with van der Waals surface area (Å²) in [6, 6.07) is 30.4. The van der Waals surface area contributed by atoms with Crippen LogP contribution in [0.2, 0.25) is 10.0 Å². The van der Waals surface area contributed by atoms with Crippen LogP contribution in [0.4, 0.5) is 15.6 Å². The van der Waals surface area contributed by atoms with E-state index >= 15 is 0 Å². The molecule has 58 heavy (non-hydrogen) atoms. The van der Waals surface area contributed by atoms with Gasteiger partial charge in [0.2, 0.25) is 11.8 Å². The molecule has 0 aliphatic carbocycles.